The van der Waals surface area contributed by atoms with Gasteiger partial charge in [-0.05, 0) is 26.2 Å². The van der Waals surface area contributed by atoms with Crippen LogP contribution in [0, 0.1) is 5.82 Å². The van der Waals surface area contributed by atoms with Crippen LogP contribution >= 0.6 is 0 Å². The number of hydrogen-bond acceptors (Lipinski definition) is 4. The Labute approximate surface area is 139 Å². The molecule has 1 fully saturated rings. The lowest BCUT2D eigenvalue weighted by Crippen LogP contribution is -2.44. The number of halogens is 1. The van der Waals surface area contributed by atoms with E-state index in [2.05, 4.69) is 20.7 Å². The predicted molar refractivity (Wildman–Crippen MR) is 86.3 cm³/mol. The summed E-state index contributed by atoms with van der Waals surface area (Å²) in [6, 6.07) is 0.720. The molecule has 2 N–H and O–H groups in total. The average molecular weight is 333 g/mol. The lowest BCUT2D eigenvalue weighted by molar-refractivity contribution is 0.175. The average Bonchev–Trinajstić information content (AvgIpc) is 3.17. The number of nitrogens with zero attached hydrogens (tertiary/aromatic N) is 3. The van der Waals surface area contributed by atoms with Crippen LogP contribution in [0.25, 0.3) is 0 Å². The van der Waals surface area contributed by atoms with Crippen molar-refractivity contribution in [3.8, 4) is 5.75 Å². The van der Waals surface area contributed by atoms with Crippen molar-refractivity contribution >= 4 is 11.7 Å². The quantitative estimate of drug-likeness (QED) is 0.881. The van der Waals surface area contributed by atoms with Gasteiger partial charge in [-0.3, -0.25) is 9.67 Å². The summed E-state index contributed by atoms with van der Waals surface area (Å²) in [5.74, 6) is 0.202. The van der Waals surface area contributed by atoms with E-state index in [1.165, 1.54) is 12.3 Å². The fraction of sp³-hybridized carbons (Fsp3) is 0.438. The number of anilines is 1. The Morgan fingerprint density at radius 2 is 2.29 bits per heavy atom. The molecule has 8 heteroatoms. The van der Waals surface area contributed by atoms with Crippen LogP contribution in [0.15, 0.2) is 30.9 Å². The number of aromatic nitrogens is 3. The molecule has 1 saturated carbocycles. The Hall–Kier alpha value is -2.64. The predicted octanol–water partition coefficient (Wildman–Crippen LogP) is 2.56. The molecule has 0 spiro atoms. The zero-order valence-electron chi connectivity index (χ0n) is 13.4. The van der Waals surface area contributed by atoms with Gasteiger partial charge in [0.25, 0.3) is 0 Å². The fourth-order valence-electron chi connectivity index (χ4n) is 2.80. The highest BCUT2D eigenvalue weighted by Crippen LogP contribution is 2.24. The smallest absolute Gasteiger partial charge is 0.319 e. The van der Waals surface area contributed by atoms with Crippen molar-refractivity contribution in [3.05, 3.63) is 36.7 Å². The number of urea groups is 1. The maximum Gasteiger partial charge on any atom is 0.319 e. The van der Waals surface area contributed by atoms with Crippen molar-refractivity contribution in [2.24, 2.45) is 0 Å². The van der Waals surface area contributed by atoms with Gasteiger partial charge in [0.2, 0.25) is 0 Å². The number of carbonyl (C=O) groups is 1. The number of carbonyl (C=O) groups excluding carboxylic acids is 1. The lowest BCUT2D eigenvalue weighted by atomic mass is 10.2. The minimum Gasteiger partial charge on any atom is -0.485 e. The van der Waals surface area contributed by atoms with E-state index in [1.54, 1.807) is 10.9 Å². The summed E-state index contributed by atoms with van der Waals surface area (Å²) in [5.41, 5.74) is 0.312. The van der Waals surface area contributed by atoms with E-state index < -0.39 is 11.8 Å². The van der Waals surface area contributed by atoms with E-state index in [0.29, 0.717) is 11.4 Å². The molecule has 2 aromatic rings. The molecule has 7 nitrogen and oxygen atoms in total. The van der Waals surface area contributed by atoms with Gasteiger partial charge in [-0.1, -0.05) is 0 Å². The van der Waals surface area contributed by atoms with Crippen molar-refractivity contribution in [3.63, 3.8) is 0 Å². The SMILES string of the molecule is CCn1cc(O[C@@H]2CCC[C@@H]2NC(=O)Nc2cncc(F)c2)cn1. The monoisotopic (exact) mass is 333 g/mol. The standard InChI is InChI=1S/C16H20FN5O2/c1-2-22-10-13(9-19-22)24-15-5-3-4-14(15)21-16(23)20-12-6-11(17)7-18-8-12/h6-10,14-15H,2-5H2,1H3,(H2,20,21,23)/t14-,15+/m0/s1. The van der Waals surface area contributed by atoms with E-state index in [9.17, 15) is 9.18 Å². The third kappa shape index (κ3) is 4.01. The highest BCUT2D eigenvalue weighted by molar-refractivity contribution is 5.89. The van der Waals surface area contributed by atoms with Gasteiger partial charge in [-0.25, -0.2) is 9.18 Å². The number of hydrogen-bond donors (Lipinski definition) is 2. The van der Waals surface area contributed by atoms with Gasteiger partial charge in [0, 0.05) is 12.6 Å². The van der Waals surface area contributed by atoms with Gasteiger partial charge in [0.15, 0.2) is 5.75 Å². The van der Waals surface area contributed by atoms with Crippen LogP contribution in [0.1, 0.15) is 26.2 Å². The van der Waals surface area contributed by atoms with Gasteiger partial charge in [0.05, 0.1) is 36.5 Å². The minimum absolute atomic E-state index is 0.100. The molecule has 2 aromatic heterocycles. The molecule has 0 bridgehead atoms. The molecule has 1 aliphatic carbocycles. The summed E-state index contributed by atoms with van der Waals surface area (Å²) in [4.78, 5) is 15.8. The molecule has 0 aliphatic heterocycles. The van der Waals surface area contributed by atoms with Crippen LogP contribution < -0.4 is 15.4 Å². The normalized spacial score (nSPS) is 19.9. The first-order valence-electron chi connectivity index (χ1n) is 8.01. The second-order valence-electron chi connectivity index (χ2n) is 5.72. The molecule has 128 valence electrons. The molecule has 2 heterocycles. The zero-order valence-corrected chi connectivity index (χ0v) is 13.4. The van der Waals surface area contributed by atoms with Crippen LogP contribution in [0.4, 0.5) is 14.9 Å². The fourth-order valence-corrected chi connectivity index (χ4v) is 2.80. The molecule has 2 atom stereocenters. The summed E-state index contributed by atoms with van der Waals surface area (Å²) in [5, 5.41) is 9.64. The molecular weight excluding hydrogens is 313 g/mol. The Balaban J connectivity index is 1.56. The van der Waals surface area contributed by atoms with E-state index in [4.69, 9.17) is 4.74 Å². The van der Waals surface area contributed by atoms with Crippen molar-refractivity contribution in [2.45, 2.75) is 44.9 Å². The zero-order chi connectivity index (χ0) is 16.9. The van der Waals surface area contributed by atoms with Gasteiger partial charge >= 0.3 is 6.03 Å². The largest absolute Gasteiger partial charge is 0.485 e. The van der Waals surface area contributed by atoms with Gasteiger partial charge in [0.1, 0.15) is 11.9 Å². The van der Waals surface area contributed by atoms with Gasteiger partial charge in [-0.2, -0.15) is 5.10 Å². The second kappa shape index (κ2) is 7.29. The summed E-state index contributed by atoms with van der Waals surface area (Å²) in [6.07, 6.45) is 8.57. The van der Waals surface area contributed by atoms with Crippen LogP contribution in [-0.2, 0) is 6.54 Å². The number of ether oxygens (including phenoxy) is 1. The first-order valence-corrected chi connectivity index (χ1v) is 8.01. The Kier molecular flexibility index (Phi) is 4.93. The summed E-state index contributed by atoms with van der Waals surface area (Å²) < 4.78 is 20.8. The first kappa shape index (κ1) is 16.2. The van der Waals surface area contributed by atoms with Crippen LogP contribution in [-0.4, -0.2) is 32.9 Å². The topological polar surface area (TPSA) is 81.1 Å². The van der Waals surface area contributed by atoms with E-state index >= 15 is 0 Å². The molecular formula is C16H20FN5O2. The molecule has 0 radical (unpaired) electrons. The third-order valence-electron chi connectivity index (χ3n) is 3.95. The number of rotatable bonds is 5. The number of pyridine rings is 1. The minimum atomic E-state index is -0.497. The molecule has 24 heavy (non-hydrogen) atoms. The van der Waals surface area contributed by atoms with E-state index in [1.807, 2.05) is 13.1 Å². The molecule has 0 saturated heterocycles. The number of nitrogens with one attached hydrogen (secondary N) is 2. The Bertz CT molecular complexity index is 705. The Morgan fingerprint density at radius 1 is 1.42 bits per heavy atom. The molecule has 1 aliphatic rings. The van der Waals surface area contributed by atoms with Crippen LogP contribution in [0.5, 0.6) is 5.75 Å². The summed E-state index contributed by atoms with van der Waals surface area (Å²) >= 11 is 0. The third-order valence-corrected chi connectivity index (χ3v) is 3.95. The maximum absolute atomic E-state index is 13.1. The van der Waals surface area contributed by atoms with Crippen molar-refractivity contribution in [2.75, 3.05) is 5.32 Å². The molecule has 0 unspecified atom stereocenters. The molecule has 3 rings (SSSR count). The lowest BCUT2D eigenvalue weighted by Gasteiger charge is -2.21. The van der Waals surface area contributed by atoms with Gasteiger partial charge < -0.3 is 15.4 Å². The summed E-state index contributed by atoms with van der Waals surface area (Å²) in [6.45, 7) is 2.78. The molecule has 0 aromatic carbocycles. The first-order chi connectivity index (χ1) is 11.6. The Morgan fingerprint density at radius 3 is 3.04 bits per heavy atom. The highest BCUT2D eigenvalue weighted by Gasteiger charge is 2.30. The van der Waals surface area contributed by atoms with E-state index in [-0.39, 0.29) is 12.1 Å². The van der Waals surface area contributed by atoms with Crippen LogP contribution in [0.2, 0.25) is 0 Å². The van der Waals surface area contributed by atoms with Crippen molar-refractivity contribution < 1.29 is 13.9 Å². The van der Waals surface area contributed by atoms with Crippen molar-refractivity contribution in [1.29, 1.82) is 0 Å². The number of amides is 2. The summed E-state index contributed by atoms with van der Waals surface area (Å²) in [7, 11) is 0. The number of aryl methyl sites for hydroxylation is 1. The maximum atomic E-state index is 13.1. The van der Waals surface area contributed by atoms with Crippen LogP contribution in [0.3, 0.4) is 0 Å². The van der Waals surface area contributed by atoms with Gasteiger partial charge in [-0.15, -0.1) is 0 Å². The molecule has 2 amide bonds. The van der Waals surface area contributed by atoms with E-state index in [0.717, 1.165) is 32.0 Å². The van der Waals surface area contributed by atoms with Crippen molar-refractivity contribution in [1.82, 2.24) is 20.1 Å². The highest BCUT2D eigenvalue weighted by atomic mass is 19.1. The second-order valence-corrected chi connectivity index (χ2v) is 5.72.